The first kappa shape index (κ1) is 10.8. The number of aromatic nitrogens is 1. The van der Waals surface area contributed by atoms with E-state index in [9.17, 15) is 4.79 Å². The summed E-state index contributed by atoms with van der Waals surface area (Å²) in [5, 5.41) is 0.730. The van der Waals surface area contributed by atoms with Crippen molar-refractivity contribution in [1.82, 2.24) is 4.98 Å². The van der Waals surface area contributed by atoms with Gasteiger partial charge in [0.15, 0.2) is 6.29 Å². The highest BCUT2D eigenvalue weighted by molar-refractivity contribution is 6.30. The molecular weight excluding hydrogens is 222 g/mol. The van der Waals surface area contributed by atoms with Gasteiger partial charge in [-0.2, -0.15) is 0 Å². The molecule has 0 saturated heterocycles. The molecule has 3 heteroatoms. The summed E-state index contributed by atoms with van der Waals surface area (Å²) in [5.74, 6) is 0. The summed E-state index contributed by atoms with van der Waals surface area (Å²) < 4.78 is 0. The molecule has 0 saturated carbocycles. The lowest BCUT2D eigenvalue weighted by atomic mass is 10.1. The molecule has 0 aliphatic heterocycles. The Morgan fingerprint density at radius 1 is 1.12 bits per heavy atom. The largest absolute Gasteiger partial charge is 0.298 e. The third-order valence-electron chi connectivity index (χ3n) is 2.28. The van der Waals surface area contributed by atoms with Crippen molar-refractivity contribution in [2.45, 2.75) is 6.42 Å². The summed E-state index contributed by atoms with van der Waals surface area (Å²) in [4.78, 5) is 14.7. The SMILES string of the molecule is O=Cc1ccc(Cc2ccc(Cl)cc2)nc1. The van der Waals surface area contributed by atoms with Crippen LogP contribution in [0, 0.1) is 0 Å². The molecular formula is C13H10ClNO. The fourth-order valence-electron chi connectivity index (χ4n) is 1.42. The number of hydrogen-bond acceptors (Lipinski definition) is 2. The van der Waals surface area contributed by atoms with Crippen LogP contribution < -0.4 is 0 Å². The molecule has 0 aliphatic rings. The number of carbonyl (C=O) groups excluding carboxylic acids is 1. The predicted molar refractivity (Wildman–Crippen MR) is 63.9 cm³/mol. The van der Waals surface area contributed by atoms with E-state index in [2.05, 4.69) is 4.98 Å². The molecule has 0 radical (unpaired) electrons. The van der Waals surface area contributed by atoms with Gasteiger partial charge >= 0.3 is 0 Å². The molecule has 0 spiro atoms. The van der Waals surface area contributed by atoms with Gasteiger partial charge in [0.25, 0.3) is 0 Å². The zero-order valence-corrected chi connectivity index (χ0v) is 9.32. The van der Waals surface area contributed by atoms with Crippen LogP contribution in [0.2, 0.25) is 5.02 Å². The molecule has 80 valence electrons. The summed E-state index contributed by atoms with van der Waals surface area (Å²) in [5.41, 5.74) is 2.68. The van der Waals surface area contributed by atoms with Crippen LogP contribution in [0.4, 0.5) is 0 Å². The maximum atomic E-state index is 10.5. The minimum Gasteiger partial charge on any atom is -0.298 e. The molecule has 16 heavy (non-hydrogen) atoms. The number of hydrogen-bond donors (Lipinski definition) is 0. The molecule has 1 heterocycles. The third-order valence-corrected chi connectivity index (χ3v) is 2.53. The number of halogens is 1. The minimum absolute atomic E-state index is 0.597. The van der Waals surface area contributed by atoms with E-state index in [0.29, 0.717) is 5.56 Å². The summed E-state index contributed by atoms with van der Waals surface area (Å²) in [6.45, 7) is 0. The lowest BCUT2D eigenvalue weighted by Crippen LogP contribution is -1.92. The second-order valence-corrected chi connectivity index (χ2v) is 3.94. The Labute approximate surface area is 98.9 Å². The molecule has 2 rings (SSSR count). The molecule has 0 N–H and O–H groups in total. The number of nitrogens with zero attached hydrogens (tertiary/aromatic N) is 1. The van der Waals surface area contributed by atoms with Crippen molar-refractivity contribution < 1.29 is 4.79 Å². The van der Waals surface area contributed by atoms with Gasteiger partial charge in [0, 0.05) is 28.9 Å². The molecule has 0 unspecified atom stereocenters. The van der Waals surface area contributed by atoms with Crippen molar-refractivity contribution in [3.63, 3.8) is 0 Å². The van der Waals surface area contributed by atoms with Crippen LogP contribution in [0.25, 0.3) is 0 Å². The van der Waals surface area contributed by atoms with Crippen molar-refractivity contribution >= 4 is 17.9 Å². The van der Waals surface area contributed by atoms with Crippen molar-refractivity contribution in [3.05, 3.63) is 64.4 Å². The van der Waals surface area contributed by atoms with E-state index < -0.39 is 0 Å². The number of aldehydes is 1. The van der Waals surface area contributed by atoms with Crippen molar-refractivity contribution in [2.24, 2.45) is 0 Å². The highest BCUT2D eigenvalue weighted by Gasteiger charge is 1.98. The van der Waals surface area contributed by atoms with Crippen LogP contribution in [0.3, 0.4) is 0 Å². The Morgan fingerprint density at radius 3 is 2.44 bits per heavy atom. The molecule has 2 nitrogen and oxygen atoms in total. The van der Waals surface area contributed by atoms with E-state index in [1.807, 2.05) is 30.3 Å². The molecule has 0 amide bonds. The Balaban J connectivity index is 2.14. The van der Waals surface area contributed by atoms with Crippen molar-refractivity contribution in [3.8, 4) is 0 Å². The Bertz CT molecular complexity index is 476. The summed E-state index contributed by atoms with van der Waals surface area (Å²) >= 11 is 5.80. The zero-order chi connectivity index (χ0) is 11.4. The van der Waals surface area contributed by atoms with Gasteiger partial charge in [-0.1, -0.05) is 23.7 Å². The van der Waals surface area contributed by atoms with Gasteiger partial charge < -0.3 is 0 Å². The van der Waals surface area contributed by atoms with Crippen LogP contribution in [0.5, 0.6) is 0 Å². The molecule has 1 aromatic carbocycles. The second-order valence-electron chi connectivity index (χ2n) is 3.50. The highest BCUT2D eigenvalue weighted by atomic mass is 35.5. The van der Waals surface area contributed by atoms with Crippen LogP contribution in [0.15, 0.2) is 42.6 Å². The summed E-state index contributed by atoms with van der Waals surface area (Å²) in [6.07, 6.45) is 3.12. The first-order chi connectivity index (χ1) is 7.78. The predicted octanol–water partition coefficient (Wildman–Crippen LogP) is 3.14. The van der Waals surface area contributed by atoms with E-state index in [-0.39, 0.29) is 0 Å². The Morgan fingerprint density at radius 2 is 1.88 bits per heavy atom. The van der Waals surface area contributed by atoms with E-state index in [1.54, 1.807) is 12.3 Å². The first-order valence-electron chi connectivity index (χ1n) is 4.92. The van der Waals surface area contributed by atoms with Crippen molar-refractivity contribution in [1.29, 1.82) is 0 Å². The molecule has 0 aliphatic carbocycles. The van der Waals surface area contributed by atoms with E-state index in [4.69, 9.17) is 11.6 Å². The van der Waals surface area contributed by atoms with Gasteiger partial charge in [-0.15, -0.1) is 0 Å². The topological polar surface area (TPSA) is 30.0 Å². The molecule has 2 aromatic rings. The van der Waals surface area contributed by atoms with Gasteiger partial charge in [-0.05, 0) is 29.8 Å². The maximum absolute atomic E-state index is 10.5. The zero-order valence-electron chi connectivity index (χ0n) is 8.56. The van der Waals surface area contributed by atoms with Crippen LogP contribution in [0.1, 0.15) is 21.6 Å². The quantitative estimate of drug-likeness (QED) is 0.760. The fourth-order valence-corrected chi connectivity index (χ4v) is 1.55. The monoisotopic (exact) mass is 231 g/mol. The number of rotatable bonds is 3. The summed E-state index contributed by atoms with van der Waals surface area (Å²) in [6, 6.07) is 11.3. The third kappa shape index (κ3) is 2.67. The van der Waals surface area contributed by atoms with E-state index in [0.717, 1.165) is 29.0 Å². The molecule has 0 bridgehead atoms. The number of carbonyl (C=O) groups is 1. The lowest BCUT2D eigenvalue weighted by Gasteiger charge is -2.01. The van der Waals surface area contributed by atoms with Crippen molar-refractivity contribution in [2.75, 3.05) is 0 Å². The van der Waals surface area contributed by atoms with Gasteiger partial charge in [-0.3, -0.25) is 9.78 Å². The Kier molecular flexibility index (Phi) is 3.32. The average molecular weight is 232 g/mol. The van der Waals surface area contributed by atoms with Gasteiger partial charge in [0.05, 0.1) is 0 Å². The van der Waals surface area contributed by atoms with E-state index >= 15 is 0 Å². The average Bonchev–Trinajstić information content (AvgIpc) is 2.33. The highest BCUT2D eigenvalue weighted by Crippen LogP contribution is 2.12. The van der Waals surface area contributed by atoms with Gasteiger partial charge in [0.2, 0.25) is 0 Å². The van der Waals surface area contributed by atoms with Gasteiger partial charge in [0.1, 0.15) is 0 Å². The first-order valence-corrected chi connectivity index (χ1v) is 5.30. The summed E-state index contributed by atoms with van der Waals surface area (Å²) in [7, 11) is 0. The van der Waals surface area contributed by atoms with Crippen LogP contribution >= 0.6 is 11.6 Å². The van der Waals surface area contributed by atoms with E-state index in [1.165, 1.54) is 0 Å². The Hall–Kier alpha value is -1.67. The fraction of sp³-hybridized carbons (Fsp3) is 0.0769. The maximum Gasteiger partial charge on any atom is 0.151 e. The molecule has 1 aromatic heterocycles. The molecule has 0 fully saturated rings. The van der Waals surface area contributed by atoms with Crippen LogP contribution in [-0.2, 0) is 6.42 Å². The smallest absolute Gasteiger partial charge is 0.151 e. The normalized spacial score (nSPS) is 10.1. The van der Waals surface area contributed by atoms with Crippen LogP contribution in [-0.4, -0.2) is 11.3 Å². The lowest BCUT2D eigenvalue weighted by molar-refractivity contribution is 0.112. The second kappa shape index (κ2) is 4.90. The van der Waals surface area contributed by atoms with Gasteiger partial charge in [-0.25, -0.2) is 0 Å². The molecule has 0 atom stereocenters. The minimum atomic E-state index is 0.597. The number of benzene rings is 1. The number of pyridine rings is 1. The standard InChI is InChI=1S/C13H10ClNO/c14-12-4-1-10(2-5-12)7-13-6-3-11(9-16)8-15-13/h1-6,8-9H,7H2.